The first-order valence-electron chi connectivity index (χ1n) is 11.3. The van der Waals surface area contributed by atoms with Crippen LogP contribution >= 0.6 is 0 Å². The van der Waals surface area contributed by atoms with Crippen molar-refractivity contribution in [1.82, 2.24) is 14.8 Å². The van der Waals surface area contributed by atoms with Gasteiger partial charge in [-0.1, -0.05) is 66.7 Å². The summed E-state index contributed by atoms with van der Waals surface area (Å²) >= 11 is 0. The minimum Gasteiger partial charge on any atom is -0.340 e. The summed E-state index contributed by atoms with van der Waals surface area (Å²) in [6.45, 7) is 5.76. The summed E-state index contributed by atoms with van der Waals surface area (Å²) in [6, 6.07) is 22.3. The van der Waals surface area contributed by atoms with Gasteiger partial charge in [-0.25, -0.2) is 0 Å². The molecule has 4 rings (SSSR count). The van der Waals surface area contributed by atoms with Gasteiger partial charge in [0.05, 0.1) is 12.3 Å². The molecule has 1 aliphatic heterocycles. The van der Waals surface area contributed by atoms with Crippen molar-refractivity contribution in [3.63, 3.8) is 0 Å². The summed E-state index contributed by atoms with van der Waals surface area (Å²) in [5.74, 6) is -0.174. The number of pyridine rings is 1. The highest BCUT2D eigenvalue weighted by molar-refractivity contribution is 5.83. The third-order valence-corrected chi connectivity index (χ3v) is 6.07. The Morgan fingerprint density at radius 1 is 0.970 bits per heavy atom. The lowest BCUT2D eigenvalue weighted by Crippen LogP contribution is -2.38. The predicted octanol–water partition coefficient (Wildman–Crippen LogP) is 4.01. The van der Waals surface area contributed by atoms with E-state index in [9.17, 15) is 9.59 Å². The van der Waals surface area contributed by atoms with Crippen molar-refractivity contribution in [1.29, 1.82) is 0 Å². The molecule has 5 nitrogen and oxygen atoms in total. The Balaban J connectivity index is 1.50. The topological polar surface area (TPSA) is 53.5 Å². The van der Waals surface area contributed by atoms with E-state index in [1.54, 1.807) is 18.5 Å². The van der Waals surface area contributed by atoms with Crippen LogP contribution in [0.25, 0.3) is 11.1 Å². The second-order valence-corrected chi connectivity index (χ2v) is 8.41. The Labute approximate surface area is 195 Å². The molecule has 0 bridgehead atoms. The Hall–Kier alpha value is -3.73. The standard InChI is InChI=1S/C28H29N3O2/c1-2-15-30-16-17-31(27(32)19-23-7-6-14-29-20-23)21-26(28(30)33)18-22-10-12-25(13-11-22)24-8-4-3-5-9-24/h2-14,20,26H,1,15-19,21H2/t26-/m0/s1. The van der Waals surface area contributed by atoms with Crippen LogP contribution in [0.3, 0.4) is 0 Å². The van der Waals surface area contributed by atoms with Gasteiger partial charge in [0.1, 0.15) is 0 Å². The average molecular weight is 440 g/mol. The smallest absolute Gasteiger partial charge is 0.228 e. The maximum atomic E-state index is 13.3. The predicted molar refractivity (Wildman–Crippen MR) is 130 cm³/mol. The minimum atomic E-state index is -0.284. The molecule has 1 aromatic heterocycles. The molecule has 2 aromatic carbocycles. The van der Waals surface area contributed by atoms with Crippen molar-refractivity contribution in [2.24, 2.45) is 5.92 Å². The van der Waals surface area contributed by atoms with Gasteiger partial charge in [-0.3, -0.25) is 14.6 Å². The minimum absolute atomic E-state index is 0.0284. The number of carbonyl (C=O) groups excluding carboxylic acids is 2. The van der Waals surface area contributed by atoms with E-state index in [4.69, 9.17) is 0 Å². The molecule has 1 aliphatic rings. The molecular weight excluding hydrogens is 410 g/mol. The second-order valence-electron chi connectivity index (χ2n) is 8.41. The molecule has 0 N–H and O–H groups in total. The number of aromatic nitrogens is 1. The van der Waals surface area contributed by atoms with E-state index in [0.29, 0.717) is 39.0 Å². The van der Waals surface area contributed by atoms with Crippen LogP contribution in [0.15, 0.2) is 91.8 Å². The fraction of sp³-hybridized carbons (Fsp3) is 0.250. The molecule has 3 aromatic rings. The van der Waals surface area contributed by atoms with Gasteiger partial charge in [-0.2, -0.15) is 0 Å². The van der Waals surface area contributed by atoms with E-state index in [1.165, 1.54) is 5.56 Å². The van der Waals surface area contributed by atoms with Crippen molar-refractivity contribution in [3.8, 4) is 11.1 Å². The lowest BCUT2D eigenvalue weighted by Gasteiger charge is -2.24. The average Bonchev–Trinajstić information content (AvgIpc) is 3.00. The monoisotopic (exact) mass is 439 g/mol. The highest BCUT2D eigenvalue weighted by Crippen LogP contribution is 2.22. The Morgan fingerprint density at radius 3 is 2.42 bits per heavy atom. The zero-order valence-corrected chi connectivity index (χ0v) is 18.8. The van der Waals surface area contributed by atoms with E-state index < -0.39 is 0 Å². The fourth-order valence-electron chi connectivity index (χ4n) is 4.30. The molecule has 2 amide bonds. The van der Waals surface area contributed by atoms with E-state index in [1.807, 2.05) is 40.1 Å². The molecule has 1 atom stereocenters. The third kappa shape index (κ3) is 5.75. The van der Waals surface area contributed by atoms with Crippen LogP contribution in [0.1, 0.15) is 11.1 Å². The van der Waals surface area contributed by atoms with Crippen LogP contribution in [-0.4, -0.2) is 52.8 Å². The van der Waals surface area contributed by atoms with E-state index in [0.717, 1.165) is 16.7 Å². The van der Waals surface area contributed by atoms with Gasteiger partial charge in [0, 0.05) is 38.6 Å². The fourth-order valence-corrected chi connectivity index (χ4v) is 4.30. The van der Waals surface area contributed by atoms with Crippen molar-refractivity contribution in [2.75, 3.05) is 26.2 Å². The number of hydrogen-bond acceptors (Lipinski definition) is 3. The van der Waals surface area contributed by atoms with Gasteiger partial charge in [0.2, 0.25) is 11.8 Å². The molecule has 168 valence electrons. The van der Waals surface area contributed by atoms with Crippen LogP contribution in [0.2, 0.25) is 0 Å². The summed E-state index contributed by atoms with van der Waals surface area (Å²) in [4.78, 5) is 34.1. The van der Waals surface area contributed by atoms with E-state index in [-0.39, 0.29) is 17.7 Å². The summed E-state index contributed by atoms with van der Waals surface area (Å²) in [7, 11) is 0. The number of rotatable bonds is 7. The third-order valence-electron chi connectivity index (χ3n) is 6.07. The van der Waals surface area contributed by atoms with Crippen LogP contribution in [0.4, 0.5) is 0 Å². The maximum absolute atomic E-state index is 13.3. The second kappa shape index (κ2) is 10.7. The van der Waals surface area contributed by atoms with Crippen molar-refractivity contribution >= 4 is 11.8 Å². The molecule has 1 saturated heterocycles. The van der Waals surface area contributed by atoms with E-state index >= 15 is 0 Å². The van der Waals surface area contributed by atoms with Crippen molar-refractivity contribution in [2.45, 2.75) is 12.8 Å². The van der Waals surface area contributed by atoms with Gasteiger partial charge in [-0.15, -0.1) is 6.58 Å². The van der Waals surface area contributed by atoms with Gasteiger partial charge < -0.3 is 9.80 Å². The molecule has 0 spiro atoms. The summed E-state index contributed by atoms with van der Waals surface area (Å²) in [5, 5.41) is 0. The lowest BCUT2D eigenvalue weighted by atomic mass is 9.95. The molecule has 2 heterocycles. The largest absolute Gasteiger partial charge is 0.340 e. The Kier molecular flexibility index (Phi) is 7.30. The molecule has 0 aliphatic carbocycles. The Morgan fingerprint density at radius 2 is 1.73 bits per heavy atom. The highest BCUT2D eigenvalue weighted by atomic mass is 16.2. The maximum Gasteiger partial charge on any atom is 0.228 e. The zero-order valence-electron chi connectivity index (χ0n) is 18.8. The molecule has 5 heteroatoms. The summed E-state index contributed by atoms with van der Waals surface area (Å²) in [6.07, 6.45) is 6.05. The quantitative estimate of drug-likeness (QED) is 0.523. The van der Waals surface area contributed by atoms with Gasteiger partial charge in [-0.05, 0) is 34.7 Å². The molecule has 1 fully saturated rings. The molecule has 0 unspecified atom stereocenters. The van der Waals surface area contributed by atoms with Crippen molar-refractivity contribution in [3.05, 3.63) is 103 Å². The summed E-state index contributed by atoms with van der Waals surface area (Å²) in [5.41, 5.74) is 4.29. The number of hydrogen-bond donors (Lipinski definition) is 0. The Bertz CT molecular complexity index is 1080. The van der Waals surface area contributed by atoms with Crippen molar-refractivity contribution < 1.29 is 9.59 Å². The number of carbonyl (C=O) groups is 2. The first-order valence-corrected chi connectivity index (χ1v) is 11.3. The molecule has 0 radical (unpaired) electrons. The highest BCUT2D eigenvalue weighted by Gasteiger charge is 2.31. The molecule has 0 saturated carbocycles. The normalized spacial score (nSPS) is 16.4. The van der Waals surface area contributed by atoms with Gasteiger partial charge >= 0.3 is 0 Å². The van der Waals surface area contributed by atoms with Crippen LogP contribution in [0, 0.1) is 5.92 Å². The van der Waals surface area contributed by atoms with E-state index in [2.05, 4.69) is 48.0 Å². The molecule has 33 heavy (non-hydrogen) atoms. The van der Waals surface area contributed by atoms with Crippen LogP contribution in [-0.2, 0) is 22.4 Å². The van der Waals surface area contributed by atoms with Crippen LogP contribution < -0.4 is 0 Å². The zero-order chi connectivity index (χ0) is 23.0. The number of benzene rings is 2. The lowest BCUT2D eigenvalue weighted by molar-refractivity contribution is -0.134. The summed E-state index contributed by atoms with van der Waals surface area (Å²) < 4.78 is 0. The molecular formula is C28H29N3O2. The van der Waals surface area contributed by atoms with Crippen LogP contribution in [0.5, 0.6) is 0 Å². The first-order chi connectivity index (χ1) is 16.1. The number of amides is 2. The number of nitrogens with zero attached hydrogens (tertiary/aromatic N) is 3. The first kappa shape index (κ1) is 22.5. The van der Waals surface area contributed by atoms with Gasteiger partial charge in [0.15, 0.2) is 0 Å². The van der Waals surface area contributed by atoms with Gasteiger partial charge in [0.25, 0.3) is 0 Å². The SMILES string of the molecule is C=CCN1CCN(C(=O)Cc2cccnc2)C[C@H](Cc2ccc(-c3ccccc3)cc2)C1=O.